The predicted octanol–water partition coefficient (Wildman–Crippen LogP) is 3.06. The fourth-order valence-corrected chi connectivity index (χ4v) is 3.74. The van der Waals surface area contributed by atoms with Gasteiger partial charge in [0.25, 0.3) is 0 Å². The molecule has 0 aliphatic carbocycles. The van der Waals surface area contributed by atoms with Crippen LogP contribution in [0.5, 0.6) is 0 Å². The first-order chi connectivity index (χ1) is 8.13. The van der Waals surface area contributed by atoms with Gasteiger partial charge in [-0.2, -0.15) is 0 Å². The van der Waals surface area contributed by atoms with E-state index in [9.17, 15) is 9.90 Å². The number of likely N-dealkylation sites (tertiary alicyclic amines) is 1. The van der Waals surface area contributed by atoms with Crippen molar-refractivity contribution in [2.24, 2.45) is 0 Å². The number of aryl methyl sites for hydroxylation is 1. The van der Waals surface area contributed by atoms with E-state index in [2.05, 4.69) is 30.9 Å². The number of carbonyl (C=O) groups is 1. The number of nitrogens with zero attached hydrogens (tertiary/aromatic N) is 1. The van der Waals surface area contributed by atoms with Crippen LogP contribution in [-0.4, -0.2) is 28.6 Å². The van der Waals surface area contributed by atoms with Crippen molar-refractivity contribution in [1.29, 1.82) is 0 Å². The first-order valence-corrected chi connectivity index (χ1v) is 7.00. The zero-order valence-corrected chi connectivity index (χ0v) is 11.2. The largest absolute Gasteiger partial charge is 0.480 e. The van der Waals surface area contributed by atoms with Gasteiger partial charge in [0.05, 0.1) is 0 Å². The Hall–Kier alpha value is -0.870. The topological polar surface area (TPSA) is 40.5 Å². The smallest absolute Gasteiger partial charge is 0.320 e. The van der Waals surface area contributed by atoms with E-state index in [1.807, 2.05) is 0 Å². The second kappa shape index (κ2) is 5.19. The predicted molar refractivity (Wildman–Crippen MR) is 69.5 cm³/mol. The highest BCUT2D eigenvalue weighted by molar-refractivity contribution is 7.12. The van der Waals surface area contributed by atoms with E-state index in [1.165, 1.54) is 9.75 Å². The number of aliphatic carboxylic acids is 1. The van der Waals surface area contributed by atoms with Crippen molar-refractivity contribution in [3.05, 3.63) is 21.9 Å². The molecule has 0 saturated carbocycles. The molecule has 2 unspecified atom stereocenters. The summed E-state index contributed by atoms with van der Waals surface area (Å²) >= 11 is 1.79. The van der Waals surface area contributed by atoms with Crippen LogP contribution in [0.1, 0.15) is 42.0 Å². The summed E-state index contributed by atoms with van der Waals surface area (Å²) in [6.45, 7) is 5.14. The summed E-state index contributed by atoms with van der Waals surface area (Å²) in [6, 6.07) is 4.25. The average molecular weight is 253 g/mol. The number of thiophene rings is 1. The summed E-state index contributed by atoms with van der Waals surface area (Å²) in [5, 5.41) is 9.24. The minimum Gasteiger partial charge on any atom is -0.480 e. The van der Waals surface area contributed by atoms with Gasteiger partial charge in [0.15, 0.2) is 0 Å². The molecule has 1 aromatic rings. The lowest BCUT2D eigenvalue weighted by Crippen LogP contribution is -2.38. The molecular weight excluding hydrogens is 234 g/mol. The molecule has 0 radical (unpaired) electrons. The molecular formula is C13H19NO2S. The summed E-state index contributed by atoms with van der Waals surface area (Å²) in [4.78, 5) is 16.0. The maximum Gasteiger partial charge on any atom is 0.320 e. The maximum atomic E-state index is 11.2. The molecule has 2 atom stereocenters. The number of rotatable bonds is 4. The highest BCUT2D eigenvalue weighted by atomic mass is 32.1. The molecule has 2 heterocycles. The highest BCUT2D eigenvalue weighted by Gasteiger charge is 2.35. The lowest BCUT2D eigenvalue weighted by atomic mass is 10.1. The van der Waals surface area contributed by atoms with Crippen molar-refractivity contribution in [2.75, 3.05) is 6.54 Å². The van der Waals surface area contributed by atoms with Crippen LogP contribution >= 0.6 is 11.3 Å². The van der Waals surface area contributed by atoms with Crippen LogP contribution in [0.4, 0.5) is 0 Å². The molecule has 17 heavy (non-hydrogen) atoms. The third kappa shape index (κ3) is 2.53. The zero-order valence-electron chi connectivity index (χ0n) is 10.3. The molecule has 0 bridgehead atoms. The monoisotopic (exact) mass is 253 g/mol. The Bertz CT molecular complexity index is 402. The summed E-state index contributed by atoms with van der Waals surface area (Å²) in [5.74, 6) is -0.672. The normalized spacial score (nSPS) is 22.8. The zero-order chi connectivity index (χ0) is 12.4. The Morgan fingerprint density at radius 2 is 2.41 bits per heavy atom. The molecule has 94 valence electrons. The van der Waals surface area contributed by atoms with Crippen LogP contribution in [0.2, 0.25) is 0 Å². The Balaban J connectivity index is 2.20. The molecule has 3 nitrogen and oxygen atoms in total. The van der Waals surface area contributed by atoms with Gasteiger partial charge in [-0.25, -0.2) is 0 Å². The van der Waals surface area contributed by atoms with E-state index in [0.29, 0.717) is 0 Å². The molecule has 1 aliphatic heterocycles. The van der Waals surface area contributed by atoms with E-state index in [1.54, 1.807) is 11.3 Å². The molecule has 1 saturated heterocycles. The molecule has 2 rings (SSSR count). The van der Waals surface area contributed by atoms with E-state index in [-0.39, 0.29) is 12.1 Å². The lowest BCUT2D eigenvalue weighted by molar-refractivity contribution is -0.143. The van der Waals surface area contributed by atoms with E-state index in [4.69, 9.17) is 0 Å². The molecule has 1 aromatic heterocycles. The van der Waals surface area contributed by atoms with Gasteiger partial charge < -0.3 is 5.11 Å². The van der Waals surface area contributed by atoms with Gasteiger partial charge in [0.2, 0.25) is 0 Å². The second-order valence-corrected chi connectivity index (χ2v) is 5.93. The standard InChI is InChI=1S/C13H19NO2S/c1-3-10(12-7-6-9(2)17-12)14-8-4-5-11(14)13(15)16/h6-7,10-11H,3-5,8H2,1-2H3,(H,15,16). The van der Waals surface area contributed by atoms with Gasteiger partial charge in [0, 0.05) is 15.8 Å². The van der Waals surface area contributed by atoms with Crippen LogP contribution in [0.3, 0.4) is 0 Å². The van der Waals surface area contributed by atoms with Gasteiger partial charge in [-0.15, -0.1) is 11.3 Å². The Morgan fingerprint density at radius 1 is 1.65 bits per heavy atom. The average Bonchev–Trinajstić information content (AvgIpc) is 2.89. The van der Waals surface area contributed by atoms with E-state index < -0.39 is 5.97 Å². The van der Waals surface area contributed by atoms with Crippen LogP contribution in [0, 0.1) is 6.92 Å². The molecule has 4 heteroatoms. The first kappa shape index (κ1) is 12.6. The van der Waals surface area contributed by atoms with Crippen molar-refractivity contribution >= 4 is 17.3 Å². The fourth-order valence-electron chi connectivity index (χ4n) is 2.66. The number of hydrogen-bond donors (Lipinski definition) is 1. The summed E-state index contributed by atoms with van der Waals surface area (Å²) in [5.41, 5.74) is 0. The van der Waals surface area contributed by atoms with Gasteiger partial charge >= 0.3 is 5.97 Å². The Kier molecular flexibility index (Phi) is 3.84. The van der Waals surface area contributed by atoms with E-state index in [0.717, 1.165) is 25.8 Å². The quantitative estimate of drug-likeness (QED) is 0.896. The second-order valence-electron chi connectivity index (χ2n) is 4.61. The van der Waals surface area contributed by atoms with Crippen molar-refractivity contribution in [2.45, 2.75) is 45.2 Å². The SMILES string of the molecule is CCC(c1ccc(C)s1)N1CCCC1C(=O)O. The van der Waals surface area contributed by atoms with Crippen LogP contribution in [-0.2, 0) is 4.79 Å². The van der Waals surface area contributed by atoms with E-state index >= 15 is 0 Å². The molecule has 0 amide bonds. The Labute approximate surface area is 106 Å². The third-order valence-corrected chi connectivity index (χ3v) is 4.56. The molecule has 1 fully saturated rings. The molecule has 0 spiro atoms. The summed E-state index contributed by atoms with van der Waals surface area (Å²) < 4.78 is 0. The number of carboxylic acid groups (broad SMARTS) is 1. The van der Waals surface area contributed by atoms with Crippen molar-refractivity contribution < 1.29 is 9.90 Å². The summed E-state index contributed by atoms with van der Waals surface area (Å²) in [7, 11) is 0. The maximum absolute atomic E-state index is 11.2. The fraction of sp³-hybridized carbons (Fsp3) is 0.615. The van der Waals surface area contributed by atoms with Crippen molar-refractivity contribution in [3.63, 3.8) is 0 Å². The van der Waals surface area contributed by atoms with Crippen LogP contribution in [0.25, 0.3) is 0 Å². The van der Waals surface area contributed by atoms with Crippen LogP contribution in [0.15, 0.2) is 12.1 Å². The highest BCUT2D eigenvalue weighted by Crippen LogP contribution is 2.35. The number of carboxylic acids is 1. The minimum atomic E-state index is -0.672. The minimum absolute atomic E-state index is 0.275. The van der Waals surface area contributed by atoms with Gasteiger partial charge in [-0.05, 0) is 44.9 Å². The van der Waals surface area contributed by atoms with Gasteiger partial charge in [-0.1, -0.05) is 6.92 Å². The summed E-state index contributed by atoms with van der Waals surface area (Å²) in [6.07, 6.45) is 2.76. The third-order valence-electron chi connectivity index (χ3n) is 3.46. The van der Waals surface area contributed by atoms with Crippen molar-refractivity contribution in [3.8, 4) is 0 Å². The lowest BCUT2D eigenvalue weighted by Gasteiger charge is -2.29. The number of hydrogen-bond acceptors (Lipinski definition) is 3. The first-order valence-electron chi connectivity index (χ1n) is 6.18. The molecule has 1 N–H and O–H groups in total. The molecule has 0 aromatic carbocycles. The molecule has 1 aliphatic rings. The van der Waals surface area contributed by atoms with Gasteiger partial charge in [-0.3, -0.25) is 9.69 Å². The Morgan fingerprint density at radius 3 is 2.94 bits per heavy atom. The van der Waals surface area contributed by atoms with Crippen LogP contribution < -0.4 is 0 Å². The van der Waals surface area contributed by atoms with Gasteiger partial charge in [0.1, 0.15) is 6.04 Å². The van der Waals surface area contributed by atoms with Crippen molar-refractivity contribution in [1.82, 2.24) is 4.90 Å².